The summed E-state index contributed by atoms with van der Waals surface area (Å²) in [6.45, 7) is 6.17. The summed E-state index contributed by atoms with van der Waals surface area (Å²) in [5.41, 5.74) is 3.83. The van der Waals surface area contributed by atoms with Gasteiger partial charge in [0.2, 0.25) is 0 Å². The fourth-order valence-electron chi connectivity index (χ4n) is 2.20. The average molecular weight is 268 g/mol. The topological polar surface area (TPSA) is 49.0 Å². The molecule has 1 aliphatic rings. The van der Waals surface area contributed by atoms with Gasteiger partial charge in [-0.05, 0) is 36.7 Å². The van der Waals surface area contributed by atoms with Gasteiger partial charge in [-0.1, -0.05) is 26.3 Å². The smallest absolute Gasteiger partial charge is 0.135 e. The van der Waals surface area contributed by atoms with Crippen LogP contribution in [0, 0.1) is 11.3 Å². The summed E-state index contributed by atoms with van der Waals surface area (Å²) in [7, 11) is 0. The van der Waals surface area contributed by atoms with E-state index in [2.05, 4.69) is 31.3 Å². The molecule has 0 amide bonds. The van der Waals surface area contributed by atoms with Crippen molar-refractivity contribution < 1.29 is 4.42 Å². The monoisotopic (exact) mass is 268 g/mol. The maximum absolute atomic E-state index is 8.84. The quantitative estimate of drug-likeness (QED) is 0.847. The zero-order valence-corrected chi connectivity index (χ0v) is 12.1. The number of nitrogens with one attached hydrogen (secondary N) is 1. The third-order valence-electron chi connectivity index (χ3n) is 3.08. The Kier molecular flexibility index (Phi) is 4.97. The van der Waals surface area contributed by atoms with Gasteiger partial charge in [0.1, 0.15) is 5.58 Å². The summed E-state index contributed by atoms with van der Waals surface area (Å²) in [4.78, 5) is 0. The highest BCUT2D eigenvalue weighted by molar-refractivity contribution is 5.92. The predicted molar refractivity (Wildman–Crippen MR) is 82.4 cm³/mol. The molecule has 0 atom stereocenters. The first-order valence-electron chi connectivity index (χ1n) is 7.11. The largest absolute Gasteiger partial charge is 0.464 e. The van der Waals surface area contributed by atoms with E-state index in [4.69, 9.17) is 9.68 Å². The molecule has 0 radical (unpaired) electrons. The first kappa shape index (κ1) is 14.4. The molecular formula is C17H20N2O. The Morgan fingerprint density at radius 3 is 2.80 bits per heavy atom. The van der Waals surface area contributed by atoms with E-state index in [1.165, 1.54) is 12.0 Å². The van der Waals surface area contributed by atoms with E-state index >= 15 is 0 Å². The molecule has 1 aromatic heterocycles. The molecule has 3 nitrogen and oxygen atoms in total. The molecule has 2 heterocycles. The zero-order valence-electron chi connectivity index (χ0n) is 12.1. The van der Waals surface area contributed by atoms with Crippen LogP contribution in [0.5, 0.6) is 0 Å². The van der Waals surface area contributed by atoms with Crippen molar-refractivity contribution in [3.8, 4) is 6.07 Å². The second-order valence-electron chi connectivity index (χ2n) is 4.87. The number of rotatable bonds is 1. The van der Waals surface area contributed by atoms with Gasteiger partial charge in [0.15, 0.2) is 0 Å². The van der Waals surface area contributed by atoms with Crippen molar-refractivity contribution in [2.24, 2.45) is 0 Å². The second kappa shape index (κ2) is 6.93. The van der Waals surface area contributed by atoms with Crippen molar-refractivity contribution in [3.05, 3.63) is 41.7 Å². The van der Waals surface area contributed by atoms with Crippen LogP contribution in [0.4, 0.5) is 0 Å². The Balaban J connectivity index is 0.000000452. The number of hydrogen-bond donors (Lipinski definition) is 1. The molecule has 0 saturated carbocycles. The standard InChI is InChI=1S/C14H12N2O.C3H8/c15-7-10-3-4-12-13(9-17-14(12)6-10)11-2-1-5-16-8-11;1-3-2/h2-4,6,9,16H,1,5,8H2;3H2,1-2H3. The maximum Gasteiger partial charge on any atom is 0.135 e. The van der Waals surface area contributed by atoms with Gasteiger partial charge < -0.3 is 9.73 Å². The highest BCUT2D eigenvalue weighted by Crippen LogP contribution is 2.28. The summed E-state index contributed by atoms with van der Waals surface area (Å²) < 4.78 is 5.53. The van der Waals surface area contributed by atoms with Gasteiger partial charge in [0.05, 0.1) is 17.9 Å². The van der Waals surface area contributed by atoms with Gasteiger partial charge in [0, 0.05) is 17.5 Å². The number of benzene rings is 1. The molecule has 1 N–H and O–H groups in total. The number of furan rings is 1. The van der Waals surface area contributed by atoms with E-state index in [9.17, 15) is 0 Å². The van der Waals surface area contributed by atoms with E-state index in [0.717, 1.165) is 36.0 Å². The van der Waals surface area contributed by atoms with Crippen LogP contribution >= 0.6 is 0 Å². The normalized spacial score (nSPS) is 14.2. The lowest BCUT2D eigenvalue weighted by Gasteiger charge is -2.12. The summed E-state index contributed by atoms with van der Waals surface area (Å²) in [5.74, 6) is 0. The molecule has 0 spiro atoms. The third kappa shape index (κ3) is 3.09. The summed E-state index contributed by atoms with van der Waals surface area (Å²) >= 11 is 0. The number of nitrogens with zero attached hydrogens (tertiary/aromatic N) is 1. The average Bonchev–Trinajstić information content (AvgIpc) is 2.92. The van der Waals surface area contributed by atoms with Gasteiger partial charge >= 0.3 is 0 Å². The molecule has 1 aliphatic heterocycles. The molecule has 1 aromatic carbocycles. The number of hydrogen-bond acceptors (Lipinski definition) is 3. The Hall–Kier alpha value is -2.05. The second-order valence-corrected chi connectivity index (χ2v) is 4.87. The Labute approximate surface area is 119 Å². The van der Waals surface area contributed by atoms with Crippen LogP contribution < -0.4 is 5.32 Å². The van der Waals surface area contributed by atoms with E-state index < -0.39 is 0 Å². The van der Waals surface area contributed by atoms with Crippen molar-refractivity contribution in [1.82, 2.24) is 5.32 Å². The molecule has 0 bridgehead atoms. The molecule has 2 aromatic rings. The molecule has 3 rings (SSSR count). The molecule has 0 saturated heterocycles. The first-order valence-corrected chi connectivity index (χ1v) is 7.11. The summed E-state index contributed by atoms with van der Waals surface area (Å²) in [5, 5.41) is 13.3. The van der Waals surface area contributed by atoms with E-state index in [-0.39, 0.29) is 0 Å². The van der Waals surface area contributed by atoms with Crippen molar-refractivity contribution in [2.45, 2.75) is 26.7 Å². The minimum atomic E-state index is 0.633. The minimum absolute atomic E-state index is 0.633. The summed E-state index contributed by atoms with van der Waals surface area (Å²) in [6.07, 6.45) is 6.34. The fraction of sp³-hybridized carbons (Fsp3) is 0.353. The van der Waals surface area contributed by atoms with Crippen LogP contribution in [0.3, 0.4) is 0 Å². The fourth-order valence-corrected chi connectivity index (χ4v) is 2.20. The lowest BCUT2D eigenvalue weighted by atomic mass is 10.0. The lowest BCUT2D eigenvalue weighted by Crippen LogP contribution is -2.21. The Morgan fingerprint density at radius 2 is 2.15 bits per heavy atom. The van der Waals surface area contributed by atoms with Crippen molar-refractivity contribution in [2.75, 3.05) is 13.1 Å². The van der Waals surface area contributed by atoms with Gasteiger partial charge in [-0.15, -0.1) is 0 Å². The van der Waals surface area contributed by atoms with Gasteiger partial charge in [0.25, 0.3) is 0 Å². The van der Waals surface area contributed by atoms with Crippen LogP contribution in [-0.2, 0) is 0 Å². The predicted octanol–water partition coefficient (Wildman–Crippen LogP) is 4.10. The summed E-state index contributed by atoms with van der Waals surface area (Å²) in [6, 6.07) is 7.70. The van der Waals surface area contributed by atoms with E-state index in [0.29, 0.717) is 5.56 Å². The Morgan fingerprint density at radius 1 is 1.35 bits per heavy atom. The third-order valence-corrected chi connectivity index (χ3v) is 3.08. The van der Waals surface area contributed by atoms with Crippen LogP contribution in [-0.4, -0.2) is 13.1 Å². The molecule has 0 unspecified atom stereocenters. The van der Waals surface area contributed by atoms with E-state index in [1.54, 1.807) is 12.3 Å². The Bertz CT molecular complexity index is 647. The van der Waals surface area contributed by atoms with Gasteiger partial charge in [-0.3, -0.25) is 0 Å². The number of fused-ring (bicyclic) bond motifs is 1. The molecule has 0 fully saturated rings. The van der Waals surface area contributed by atoms with E-state index in [1.807, 2.05) is 12.1 Å². The first-order chi connectivity index (χ1) is 9.80. The van der Waals surface area contributed by atoms with Crippen molar-refractivity contribution in [3.63, 3.8) is 0 Å². The van der Waals surface area contributed by atoms with Crippen LogP contribution in [0.2, 0.25) is 0 Å². The van der Waals surface area contributed by atoms with Crippen molar-refractivity contribution >= 4 is 16.5 Å². The number of nitriles is 1. The van der Waals surface area contributed by atoms with Crippen LogP contribution in [0.15, 0.2) is 35.0 Å². The highest BCUT2D eigenvalue weighted by Gasteiger charge is 2.12. The molecule has 0 aliphatic carbocycles. The molecule has 20 heavy (non-hydrogen) atoms. The van der Waals surface area contributed by atoms with Gasteiger partial charge in [-0.2, -0.15) is 5.26 Å². The lowest BCUT2D eigenvalue weighted by molar-refractivity contribution is 0.613. The van der Waals surface area contributed by atoms with Crippen LogP contribution in [0.1, 0.15) is 37.8 Å². The molecule has 3 heteroatoms. The minimum Gasteiger partial charge on any atom is -0.464 e. The van der Waals surface area contributed by atoms with Crippen molar-refractivity contribution in [1.29, 1.82) is 5.26 Å². The molecular weight excluding hydrogens is 248 g/mol. The molecule has 104 valence electrons. The van der Waals surface area contributed by atoms with Gasteiger partial charge in [-0.25, -0.2) is 0 Å². The highest BCUT2D eigenvalue weighted by atomic mass is 16.3. The zero-order chi connectivity index (χ0) is 14.4. The maximum atomic E-state index is 8.84. The SMILES string of the molecule is CCC.N#Cc1ccc2c(C3=CCCNC3)coc2c1. The van der Waals surface area contributed by atoms with Crippen LogP contribution in [0.25, 0.3) is 16.5 Å².